The summed E-state index contributed by atoms with van der Waals surface area (Å²) in [7, 11) is 0. The van der Waals surface area contributed by atoms with Crippen LogP contribution in [0.25, 0.3) is 0 Å². The van der Waals surface area contributed by atoms with Crippen LogP contribution in [0.4, 0.5) is 0 Å². The van der Waals surface area contributed by atoms with E-state index in [1.54, 1.807) is 17.5 Å². The predicted molar refractivity (Wildman–Crippen MR) is 67.5 cm³/mol. The van der Waals surface area contributed by atoms with Crippen LogP contribution in [0, 0.1) is 17.3 Å². The minimum Gasteiger partial charge on any atom is -0.0573 e. The topological polar surface area (TPSA) is 0 Å². The number of benzene rings is 1. The predicted octanol–water partition coefficient (Wildman–Crippen LogP) is 4.45. The van der Waals surface area contributed by atoms with Crippen LogP contribution < -0.4 is 0 Å². The molecule has 82 valence electrons. The Bertz CT molecular complexity index is 506. The first-order valence-electron chi connectivity index (χ1n) is 6.57. The third-order valence-electron chi connectivity index (χ3n) is 6.06. The molecule has 16 heavy (non-hydrogen) atoms. The van der Waals surface area contributed by atoms with Crippen molar-refractivity contribution in [1.29, 1.82) is 0 Å². The molecule has 2 bridgehead atoms. The van der Waals surface area contributed by atoms with E-state index in [-0.39, 0.29) is 0 Å². The molecule has 0 nitrogen and oxygen atoms in total. The Morgan fingerprint density at radius 3 is 3.00 bits per heavy atom. The minimum absolute atomic E-state index is 0.804. The van der Waals surface area contributed by atoms with Gasteiger partial charge in [0.2, 0.25) is 0 Å². The van der Waals surface area contributed by atoms with Gasteiger partial charge in [0.15, 0.2) is 0 Å². The summed E-state index contributed by atoms with van der Waals surface area (Å²) in [4.78, 5) is 0. The second-order valence-corrected chi connectivity index (χ2v) is 7.42. The van der Waals surface area contributed by atoms with Gasteiger partial charge in [-0.3, -0.25) is 0 Å². The Labute approximate surface area is 105 Å². The second kappa shape index (κ2) is 2.43. The maximum atomic E-state index is 3.64. The van der Waals surface area contributed by atoms with Crippen molar-refractivity contribution in [2.45, 2.75) is 37.5 Å². The first-order valence-corrected chi connectivity index (χ1v) is 7.36. The summed E-state index contributed by atoms with van der Waals surface area (Å²) >= 11 is 3.64. The van der Waals surface area contributed by atoms with Crippen molar-refractivity contribution >= 4 is 15.9 Å². The lowest BCUT2D eigenvalue weighted by molar-refractivity contribution is 0.0724. The number of rotatable bonds is 0. The van der Waals surface area contributed by atoms with Crippen LogP contribution in [-0.2, 0) is 0 Å². The van der Waals surface area contributed by atoms with Gasteiger partial charge in [-0.05, 0) is 78.0 Å². The molecule has 4 aliphatic rings. The first kappa shape index (κ1) is 8.74. The molecule has 4 aliphatic carbocycles. The molecule has 0 N–H and O–H groups in total. The largest absolute Gasteiger partial charge is 0.0573 e. The fraction of sp³-hybridized carbons (Fsp3) is 0.600. The lowest BCUT2D eigenvalue weighted by Gasteiger charge is -2.43. The van der Waals surface area contributed by atoms with E-state index in [9.17, 15) is 0 Å². The van der Waals surface area contributed by atoms with Gasteiger partial charge in [0, 0.05) is 4.47 Å². The number of fused-ring (bicyclic) bond motifs is 4. The average Bonchev–Trinajstić information content (AvgIpc) is 2.88. The number of halogens is 1. The minimum atomic E-state index is 0.804. The quantitative estimate of drug-likeness (QED) is 0.656. The van der Waals surface area contributed by atoms with Crippen LogP contribution in [-0.4, -0.2) is 0 Å². The van der Waals surface area contributed by atoms with E-state index in [1.807, 2.05) is 0 Å². The fourth-order valence-corrected chi connectivity index (χ4v) is 5.76. The highest BCUT2D eigenvalue weighted by molar-refractivity contribution is 9.10. The number of hydrogen-bond donors (Lipinski definition) is 0. The van der Waals surface area contributed by atoms with Gasteiger partial charge < -0.3 is 0 Å². The zero-order valence-electron chi connectivity index (χ0n) is 9.25. The van der Waals surface area contributed by atoms with Gasteiger partial charge in [0.1, 0.15) is 0 Å². The summed E-state index contributed by atoms with van der Waals surface area (Å²) in [5.41, 5.74) is 4.22. The van der Waals surface area contributed by atoms with Crippen LogP contribution in [0.1, 0.15) is 48.6 Å². The molecule has 1 aromatic carbocycles. The molecular weight excluding hydrogens is 260 g/mol. The summed E-state index contributed by atoms with van der Waals surface area (Å²) in [6.07, 6.45) is 6.07. The Balaban J connectivity index is 1.77. The van der Waals surface area contributed by atoms with Gasteiger partial charge in [-0.2, -0.15) is 0 Å². The Morgan fingerprint density at radius 2 is 2.06 bits per heavy atom. The van der Waals surface area contributed by atoms with Crippen molar-refractivity contribution in [3.63, 3.8) is 0 Å². The van der Waals surface area contributed by atoms with Crippen LogP contribution in [0.15, 0.2) is 22.7 Å². The van der Waals surface area contributed by atoms with Gasteiger partial charge in [0.25, 0.3) is 0 Å². The maximum Gasteiger partial charge on any atom is 0.0178 e. The molecule has 0 amide bonds. The SMILES string of the molecule is Brc1ccc2c(c1)C1CC3CC4(CC24)C3C1. The molecule has 5 unspecified atom stereocenters. The molecule has 5 atom stereocenters. The van der Waals surface area contributed by atoms with Crippen molar-refractivity contribution in [1.82, 2.24) is 0 Å². The highest BCUT2D eigenvalue weighted by Crippen LogP contribution is 2.81. The van der Waals surface area contributed by atoms with Gasteiger partial charge in [0.05, 0.1) is 0 Å². The van der Waals surface area contributed by atoms with E-state index in [0.29, 0.717) is 0 Å². The first-order chi connectivity index (χ1) is 7.78. The summed E-state index contributed by atoms with van der Waals surface area (Å²) in [6, 6.07) is 7.08. The van der Waals surface area contributed by atoms with E-state index in [1.165, 1.54) is 23.7 Å². The summed E-state index contributed by atoms with van der Waals surface area (Å²) < 4.78 is 1.28. The molecule has 0 aliphatic heterocycles. The molecule has 3 fully saturated rings. The molecule has 0 radical (unpaired) electrons. The zero-order valence-corrected chi connectivity index (χ0v) is 10.8. The van der Waals surface area contributed by atoms with Crippen molar-refractivity contribution in [2.75, 3.05) is 0 Å². The van der Waals surface area contributed by atoms with E-state index in [4.69, 9.17) is 0 Å². The van der Waals surface area contributed by atoms with Gasteiger partial charge >= 0.3 is 0 Å². The van der Waals surface area contributed by atoms with E-state index in [2.05, 4.69) is 34.1 Å². The van der Waals surface area contributed by atoms with Gasteiger partial charge in [-0.25, -0.2) is 0 Å². The zero-order chi connectivity index (χ0) is 10.5. The van der Waals surface area contributed by atoms with Crippen molar-refractivity contribution in [3.05, 3.63) is 33.8 Å². The smallest absolute Gasteiger partial charge is 0.0178 e. The number of hydrogen-bond acceptors (Lipinski definition) is 0. The van der Waals surface area contributed by atoms with Crippen molar-refractivity contribution in [2.24, 2.45) is 17.3 Å². The fourth-order valence-electron chi connectivity index (χ4n) is 5.38. The Morgan fingerprint density at radius 1 is 1.12 bits per heavy atom. The monoisotopic (exact) mass is 274 g/mol. The maximum absolute atomic E-state index is 3.64. The molecule has 5 rings (SSSR count). The van der Waals surface area contributed by atoms with E-state index >= 15 is 0 Å². The summed E-state index contributed by atoms with van der Waals surface area (Å²) in [5, 5.41) is 0. The lowest BCUT2D eigenvalue weighted by atomic mass is 9.62. The molecule has 0 aromatic heterocycles. The standard InChI is InChI=1S/C15H15Br/c16-10-1-2-11-12(5-10)8-3-9-6-15(7-14(11)15)13(9)4-8/h1-2,5,8-9,13-14H,3-4,6-7H2. The normalized spacial score (nSPS) is 50.1. The summed E-state index contributed by atoms with van der Waals surface area (Å²) in [5.74, 6) is 4.05. The summed E-state index contributed by atoms with van der Waals surface area (Å²) in [6.45, 7) is 0. The molecule has 1 aromatic rings. The van der Waals surface area contributed by atoms with Crippen LogP contribution in [0.2, 0.25) is 0 Å². The Kier molecular flexibility index (Phi) is 1.33. The van der Waals surface area contributed by atoms with E-state index < -0.39 is 0 Å². The molecule has 1 heteroatoms. The molecule has 1 spiro atoms. The van der Waals surface area contributed by atoms with Crippen LogP contribution >= 0.6 is 15.9 Å². The lowest BCUT2D eigenvalue weighted by Crippen LogP contribution is -2.35. The van der Waals surface area contributed by atoms with E-state index in [0.717, 1.165) is 29.1 Å². The van der Waals surface area contributed by atoms with Crippen molar-refractivity contribution in [3.8, 4) is 0 Å². The van der Waals surface area contributed by atoms with Crippen LogP contribution in [0.5, 0.6) is 0 Å². The van der Waals surface area contributed by atoms with Crippen LogP contribution in [0.3, 0.4) is 0 Å². The molecule has 0 saturated heterocycles. The third-order valence-corrected chi connectivity index (χ3v) is 6.55. The molecule has 0 heterocycles. The second-order valence-electron chi connectivity index (χ2n) is 6.50. The third kappa shape index (κ3) is 0.796. The average molecular weight is 275 g/mol. The molecule has 3 saturated carbocycles. The Hall–Kier alpha value is -0.300. The molecular formula is C15H15Br. The van der Waals surface area contributed by atoms with Gasteiger partial charge in [-0.1, -0.05) is 22.0 Å². The van der Waals surface area contributed by atoms with Crippen molar-refractivity contribution < 1.29 is 0 Å². The highest BCUT2D eigenvalue weighted by atomic mass is 79.9. The highest BCUT2D eigenvalue weighted by Gasteiger charge is 2.71. The van der Waals surface area contributed by atoms with Gasteiger partial charge in [-0.15, -0.1) is 0 Å².